The highest BCUT2D eigenvalue weighted by molar-refractivity contribution is 7.71. The number of fused-ring (bicyclic) bond motifs is 1. The molecule has 4 aromatic rings. The van der Waals surface area contributed by atoms with Gasteiger partial charge in [-0.05, 0) is 35.5 Å². The molecule has 1 atom stereocenters. The molecular weight excluding hydrogens is 394 g/mol. The molecule has 1 aromatic heterocycles. The van der Waals surface area contributed by atoms with E-state index in [4.69, 9.17) is 17.0 Å². The second-order valence-corrected chi connectivity index (χ2v) is 7.77. The number of aliphatic hydroxyl groups is 1. The Kier molecular flexibility index (Phi) is 6.59. The van der Waals surface area contributed by atoms with Crippen LogP contribution in [0.5, 0.6) is 5.75 Å². The number of para-hydroxylation sites is 1. The van der Waals surface area contributed by atoms with Gasteiger partial charge in [0.2, 0.25) is 0 Å². The van der Waals surface area contributed by atoms with Crippen LogP contribution in [-0.4, -0.2) is 39.2 Å². The van der Waals surface area contributed by atoms with Crippen LogP contribution in [0.2, 0.25) is 0 Å². The lowest BCUT2D eigenvalue weighted by molar-refractivity contribution is 0.0633. The fourth-order valence-corrected chi connectivity index (χ4v) is 3.77. The van der Waals surface area contributed by atoms with Crippen molar-refractivity contribution in [2.24, 2.45) is 0 Å². The third-order valence-electron chi connectivity index (χ3n) is 4.91. The van der Waals surface area contributed by atoms with Crippen molar-refractivity contribution in [2.45, 2.75) is 19.2 Å². The Bertz CT molecular complexity index is 1080. The Balaban J connectivity index is 1.42. The molecule has 3 N–H and O–H groups in total. The first-order chi connectivity index (χ1) is 14.7. The summed E-state index contributed by atoms with van der Waals surface area (Å²) >= 11 is 5.17. The molecule has 0 aliphatic carbocycles. The van der Waals surface area contributed by atoms with Crippen LogP contribution in [-0.2, 0) is 13.1 Å². The van der Waals surface area contributed by atoms with Crippen LogP contribution in [0, 0.1) is 4.77 Å². The SMILES string of the molecule is OC(COc1cccc2[nH]c(=S)[nH]c12)CN(Cc1ccccc1)Cc1ccccc1. The number of hydrogen-bond donors (Lipinski definition) is 3. The highest BCUT2D eigenvalue weighted by Gasteiger charge is 2.15. The molecule has 154 valence electrons. The van der Waals surface area contributed by atoms with Gasteiger partial charge in [0, 0.05) is 19.6 Å². The molecule has 30 heavy (non-hydrogen) atoms. The molecule has 0 amide bonds. The Morgan fingerprint density at radius 1 is 0.833 bits per heavy atom. The van der Waals surface area contributed by atoms with Gasteiger partial charge in [-0.1, -0.05) is 66.7 Å². The molecule has 0 aliphatic rings. The largest absolute Gasteiger partial charge is 0.489 e. The third-order valence-corrected chi connectivity index (χ3v) is 5.12. The predicted molar refractivity (Wildman–Crippen MR) is 122 cm³/mol. The number of H-pyrrole nitrogens is 2. The summed E-state index contributed by atoms with van der Waals surface area (Å²) < 4.78 is 6.48. The zero-order valence-corrected chi connectivity index (χ0v) is 17.4. The van der Waals surface area contributed by atoms with Gasteiger partial charge in [-0.3, -0.25) is 4.90 Å². The lowest BCUT2D eigenvalue weighted by Gasteiger charge is -2.25. The molecule has 1 unspecified atom stereocenters. The van der Waals surface area contributed by atoms with Crippen molar-refractivity contribution in [1.82, 2.24) is 14.9 Å². The van der Waals surface area contributed by atoms with Crippen LogP contribution in [0.25, 0.3) is 11.0 Å². The van der Waals surface area contributed by atoms with Crippen LogP contribution in [0.15, 0.2) is 78.9 Å². The van der Waals surface area contributed by atoms with Gasteiger partial charge in [-0.15, -0.1) is 0 Å². The van der Waals surface area contributed by atoms with Crippen LogP contribution in [0.4, 0.5) is 0 Å². The van der Waals surface area contributed by atoms with Gasteiger partial charge < -0.3 is 19.8 Å². The molecule has 0 spiro atoms. The minimum Gasteiger partial charge on any atom is -0.489 e. The van der Waals surface area contributed by atoms with Crippen LogP contribution >= 0.6 is 12.2 Å². The maximum absolute atomic E-state index is 10.7. The van der Waals surface area contributed by atoms with Crippen molar-refractivity contribution in [2.75, 3.05) is 13.2 Å². The quantitative estimate of drug-likeness (QED) is 0.345. The number of aromatic amines is 2. The van der Waals surface area contributed by atoms with E-state index in [1.54, 1.807) is 0 Å². The molecule has 0 radical (unpaired) electrons. The van der Waals surface area contributed by atoms with Crippen LogP contribution in [0.1, 0.15) is 11.1 Å². The summed E-state index contributed by atoms with van der Waals surface area (Å²) in [5.41, 5.74) is 4.14. The first-order valence-electron chi connectivity index (χ1n) is 9.99. The van der Waals surface area contributed by atoms with Gasteiger partial charge in [0.1, 0.15) is 24.0 Å². The average molecular weight is 420 g/mol. The molecule has 4 rings (SSSR count). The summed E-state index contributed by atoms with van der Waals surface area (Å²) in [4.78, 5) is 8.42. The van der Waals surface area contributed by atoms with Gasteiger partial charge in [0.15, 0.2) is 4.77 Å². The van der Waals surface area contributed by atoms with Crippen LogP contribution in [0.3, 0.4) is 0 Å². The molecule has 0 bridgehead atoms. The first-order valence-corrected chi connectivity index (χ1v) is 10.4. The highest BCUT2D eigenvalue weighted by Crippen LogP contribution is 2.23. The fraction of sp³-hybridized carbons (Fsp3) is 0.208. The maximum Gasteiger partial charge on any atom is 0.175 e. The molecule has 0 saturated heterocycles. The molecule has 3 aromatic carbocycles. The number of benzene rings is 3. The van der Waals surface area contributed by atoms with E-state index in [-0.39, 0.29) is 6.61 Å². The molecule has 1 heterocycles. The van der Waals surface area contributed by atoms with Gasteiger partial charge in [0.05, 0.1) is 5.52 Å². The molecule has 5 nitrogen and oxygen atoms in total. The zero-order valence-electron chi connectivity index (χ0n) is 16.6. The smallest absolute Gasteiger partial charge is 0.175 e. The number of aromatic nitrogens is 2. The average Bonchev–Trinajstić information content (AvgIpc) is 3.14. The van der Waals surface area contributed by atoms with Gasteiger partial charge >= 0.3 is 0 Å². The predicted octanol–water partition coefficient (Wildman–Crippen LogP) is 4.67. The lowest BCUT2D eigenvalue weighted by atomic mass is 10.1. The second-order valence-electron chi connectivity index (χ2n) is 7.36. The van der Waals surface area contributed by atoms with E-state index >= 15 is 0 Å². The monoisotopic (exact) mass is 419 g/mol. The summed E-state index contributed by atoms with van der Waals surface area (Å²) in [5, 5.41) is 10.7. The van der Waals surface area contributed by atoms with Crippen LogP contribution < -0.4 is 4.74 Å². The Hall–Kier alpha value is -2.93. The number of imidazole rings is 1. The van der Waals surface area contributed by atoms with Crippen molar-refractivity contribution in [3.8, 4) is 5.75 Å². The molecular formula is C24H25N3O2S. The number of nitrogens with one attached hydrogen (secondary N) is 2. The van der Waals surface area contributed by atoms with Gasteiger partial charge in [-0.2, -0.15) is 0 Å². The van der Waals surface area contributed by atoms with E-state index in [9.17, 15) is 5.11 Å². The first kappa shape index (κ1) is 20.3. The topological polar surface area (TPSA) is 64.3 Å². The van der Waals surface area contributed by atoms with E-state index < -0.39 is 6.10 Å². The standard InChI is InChI=1S/C24H25N3O2S/c28-20(17-29-22-13-7-12-21-23(22)26-24(30)25-21)16-27(14-18-8-3-1-4-9-18)15-19-10-5-2-6-11-19/h1-13,20,28H,14-17H2,(H2,25,26,30). The summed E-state index contributed by atoms with van der Waals surface area (Å²) in [5.74, 6) is 0.677. The number of ether oxygens (including phenoxy) is 1. The zero-order chi connectivity index (χ0) is 20.8. The molecule has 0 saturated carbocycles. The lowest BCUT2D eigenvalue weighted by Crippen LogP contribution is -2.35. The van der Waals surface area contributed by atoms with Crippen molar-refractivity contribution in [1.29, 1.82) is 0 Å². The summed E-state index contributed by atoms with van der Waals surface area (Å²) in [6.07, 6.45) is -0.630. The summed E-state index contributed by atoms with van der Waals surface area (Å²) in [7, 11) is 0. The Morgan fingerprint density at radius 3 is 2.10 bits per heavy atom. The maximum atomic E-state index is 10.7. The minimum absolute atomic E-state index is 0.199. The third kappa shape index (κ3) is 5.36. The summed E-state index contributed by atoms with van der Waals surface area (Å²) in [6, 6.07) is 26.3. The Labute approximate surface area is 181 Å². The van der Waals surface area contributed by atoms with Crippen molar-refractivity contribution >= 4 is 23.3 Å². The van der Waals surface area contributed by atoms with Crippen molar-refractivity contribution < 1.29 is 9.84 Å². The van der Waals surface area contributed by atoms with E-state index in [2.05, 4.69) is 39.1 Å². The number of hydrogen-bond acceptors (Lipinski definition) is 4. The van der Waals surface area contributed by atoms with E-state index in [0.717, 1.165) is 24.1 Å². The fourth-order valence-electron chi connectivity index (χ4n) is 3.56. The number of rotatable bonds is 9. The van der Waals surface area contributed by atoms with Crippen molar-refractivity contribution in [3.63, 3.8) is 0 Å². The highest BCUT2D eigenvalue weighted by atomic mass is 32.1. The number of nitrogens with zero attached hydrogens (tertiary/aromatic N) is 1. The number of aliphatic hydroxyl groups excluding tert-OH is 1. The van der Waals surface area contributed by atoms with Gasteiger partial charge in [-0.25, -0.2) is 0 Å². The van der Waals surface area contributed by atoms with E-state index in [1.165, 1.54) is 11.1 Å². The Morgan fingerprint density at radius 2 is 1.47 bits per heavy atom. The molecule has 6 heteroatoms. The van der Waals surface area contributed by atoms with Gasteiger partial charge in [0.25, 0.3) is 0 Å². The second kappa shape index (κ2) is 9.71. The minimum atomic E-state index is -0.630. The summed E-state index contributed by atoms with van der Waals surface area (Å²) in [6.45, 7) is 2.22. The molecule has 0 fully saturated rings. The molecule has 0 aliphatic heterocycles. The van der Waals surface area contributed by atoms with E-state index in [1.807, 2.05) is 54.6 Å². The normalized spacial score (nSPS) is 12.3. The van der Waals surface area contributed by atoms with E-state index in [0.29, 0.717) is 17.1 Å². The van der Waals surface area contributed by atoms with Crippen molar-refractivity contribution in [3.05, 3.63) is 94.8 Å².